The van der Waals surface area contributed by atoms with Crippen LogP contribution in [0.4, 0.5) is 4.39 Å². The van der Waals surface area contributed by atoms with E-state index in [4.69, 9.17) is 10.5 Å². The van der Waals surface area contributed by atoms with Crippen LogP contribution < -0.4 is 5.73 Å². The van der Waals surface area contributed by atoms with Crippen molar-refractivity contribution in [3.63, 3.8) is 0 Å². The van der Waals surface area contributed by atoms with Gasteiger partial charge >= 0.3 is 0 Å². The molecule has 0 aliphatic rings. The van der Waals surface area contributed by atoms with Gasteiger partial charge in [0.15, 0.2) is 0 Å². The van der Waals surface area contributed by atoms with E-state index in [9.17, 15) is 4.39 Å². The number of benzene rings is 1. The number of nitrogens with two attached hydrogens (primary N) is 1. The summed E-state index contributed by atoms with van der Waals surface area (Å²) in [5.74, 6) is -0.250. The van der Waals surface area contributed by atoms with Crippen molar-refractivity contribution in [1.29, 1.82) is 0 Å². The van der Waals surface area contributed by atoms with Gasteiger partial charge in [0.1, 0.15) is 5.82 Å². The third-order valence-corrected chi connectivity index (χ3v) is 3.61. The molecule has 0 amide bonds. The van der Waals surface area contributed by atoms with Gasteiger partial charge in [0, 0.05) is 23.4 Å². The number of halogens is 1. The zero-order valence-electron chi connectivity index (χ0n) is 10.1. The van der Waals surface area contributed by atoms with E-state index in [2.05, 4.69) is 11.4 Å². The van der Waals surface area contributed by atoms with Crippen molar-refractivity contribution in [3.05, 3.63) is 57.5 Å². The number of rotatable bonds is 6. The molecule has 0 bridgehead atoms. The van der Waals surface area contributed by atoms with Gasteiger partial charge in [0.05, 0.1) is 13.2 Å². The van der Waals surface area contributed by atoms with E-state index in [-0.39, 0.29) is 12.4 Å². The van der Waals surface area contributed by atoms with Gasteiger partial charge < -0.3 is 10.5 Å². The summed E-state index contributed by atoms with van der Waals surface area (Å²) in [6, 6.07) is 9.08. The minimum Gasteiger partial charge on any atom is -0.376 e. The van der Waals surface area contributed by atoms with Crippen molar-refractivity contribution in [2.24, 2.45) is 5.73 Å². The SMILES string of the molecule is NCc1cc(COCCc2cccs2)ccc1F. The van der Waals surface area contributed by atoms with Gasteiger partial charge in [-0.05, 0) is 29.1 Å². The molecule has 1 heterocycles. The average Bonchev–Trinajstić information content (AvgIpc) is 2.89. The molecule has 2 N–H and O–H groups in total. The molecular formula is C14H16FNOS. The predicted octanol–water partition coefficient (Wildman–Crippen LogP) is 3.11. The van der Waals surface area contributed by atoms with Crippen molar-refractivity contribution < 1.29 is 9.13 Å². The van der Waals surface area contributed by atoms with Crippen LogP contribution in [-0.4, -0.2) is 6.61 Å². The third-order valence-electron chi connectivity index (χ3n) is 2.67. The van der Waals surface area contributed by atoms with Crippen LogP contribution in [0.2, 0.25) is 0 Å². The van der Waals surface area contributed by atoms with Crippen LogP contribution >= 0.6 is 11.3 Å². The number of thiophene rings is 1. The molecule has 0 atom stereocenters. The maximum absolute atomic E-state index is 13.2. The molecule has 1 aromatic heterocycles. The minimum atomic E-state index is -0.250. The van der Waals surface area contributed by atoms with Crippen LogP contribution in [0.15, 0.2) is 35.7 Å². The van der Waals surface area contributed by atoms with Crippen LogP contribution in [0.25, 0.3) is 0 Å². The van der Waals surface area contributed by atoms with Crippen molar-refractivity contribution >= 4 is 11.3 Å². The molecule has 0 spiro atoms. The Hall–Kier alpha value is -1.23. The molecule has 0 radical (unpaired) electrons. The Kier molecular flexibility index (Phi) is 4.87. The molecule has 0 saturated heterocycles. The first-order valence-electron chi connectivity index (χ1n) is 5.87. The fourth-order valence-electron chi connectivity index (χ4n) is 1.69. The average molecular weight is 265 g/mol. The molecule has 2 nitrogen and oxygen atoms in total. The lowest BCUT2D eigenvalue weighted by Crippen LogP contribution is -2.03. The minimum absolute atomic E-state index is 0.217. The second-order valence-electron chi connectivity index (χ2n) is 4.01. The highest BCUT2D eigenvalue weighted by molar-refractivity contribution is 7.09. The summed E-state index contributed by atoms with van der Waals surface area (Å²) in [6.07, 6.45) is 0.919. The molecule has 96 valence electrons. The molecule has 4 heteroatoms. The molecular weight excluding hydrogens is 249 g/mol. The highest BCUT2D eigenvalue weighted by atomic mass is 32.1. The van der Waals surface area contributed by atoms with E-state index in [1.54, 1.807) is 23.5 Å². The zero-order chi connectivity index (χ0) is 12.8. The quantitative estimate of drug-likeness (QED) is 0.815. The molecule has 0 aliphatic carbocycles. The van der Waals surface area contributed by atoms with Crippen molar-refractivity contribution in [2.45, 2.75) is 19.6 Å². The summed E-state index contributed by atoms with van der Waals surface area (Å²) in [4.78, 5) is 1.32. The summed E-state index contributed by atoms with van der Waals surface area (Å²) >= 11 is 1.73. The van der Waals surface area contributed by atoms with E-state index in [0.717, 1.165) is 12.0 Å². The Bertz CT molecular complexity index is 485. The number of hydrogen-bond donors (Lipinski definition) is 1. The third kappa shape index (κ3) is 3.63. The van der Waals surface area contributed by atoms with E-state index < -0.39 is 0 Å². The molecule has 18 heavy (non-hydrogen) atoms. The van der Waals surface area contributed by atoms with Gasteiger partial charge in [0.25, 0.3) is 0 Å². The second kappa shape index (κ2) is 6.64. The first-order chi connectivity index (χ1) is 8.79. The second-order valence-corrected chi connectivity index (χ2v) is 5.04. The Morgan fingerprint density at radius 2 is 2.17 bits per heavy atom. The zero-order valence-corrected chi connectivity index (χ0v) is 10.9. The molecule has 0 saturated carbocycles. The van der Waals surface area contributed by atoms with Gasteiger partial charge in [-0.25, -0.2) is 4.39 Å². The normalized spacial score (nSPS) is 10.8. The van der Waals surface area contributed by atoms with Crippen LogP contribution in [0.3, 0.4) is 0 Å². The first-order valence-corrected chi connectivity index (χ1v) is 6.75. The van der Waals surface area contributed by atoms with Crippen molar-refractivity contribution in [2.75, 3.05) is 6.61 Å². The van der Waals surface area contributed by atoms with Gasteiger partial charge in [0.2, 0.25) is 0 Å². The van der Waals surface area contributed by atoms with Crippen LogP contribution in [0.5, 0.6) is 0 Å². The van der Waals surface area contributed by atoms with Crippen molar-refractivity contribution in [3.8, 4) is 0 Å². The van der Waals surface area contributed by atoms with Crippen molar-refractivity contribution in [1.82, 2.24) is 0 Å². The van der Waals surface area contributed by atoms with E-state index >= 15 is 0 Å². The monoisotopic (exact) mass is 265 g/mol. The fraction of sp³-hybridized carbons (Fsp3) is 0.286. The Labute approximate surface area is 110 Å². The molecule has 1 aromatic carbocycles. The smallest absolute Gasteiger partial charge is 0.127 e. The summed E-state index contributed by atoms with van der Waals surface area (Å²) < 4.78 is 18.8. The van der Waals surface area contributed by atoms with Gasteiger partial charge in [-0.1, -0.05) is 12.1 Å². The maximum Gasteiger partial charge on any atom is 0.127 e. The maximum atomic E-state index is 13.2. The van der Waals surface area contributed by atoms with E-state index in [0.29, 0.717) is 18.8 Å². The topological polar surface area (TPSA) is 35.2 Å². The lowest BCUT2D eigenvalue weighted by Gasteiger charge is -2.06. The van der Waals surface area contributed by atoms with Gasteiger partial charge in [-0.2, -0.15) is 0 Å². The van der Waals surface area contributed by atoms with Crippen LogP contribution in [0, 0.1) is 5.82 Å². The largest absolute Gasteiger partial charge is 0.376 e. The Balaban J connectivity index is 1.79. The molecule has 0 fully saturated rings. The first kappa shape index (κ1) is 13.2. The molecule has 2 rings (SSSR count). The Morgan fingerprint density at radius 3 is 2.89 bits per heavy atom. The molecule has 0 aliphatic heterocycles. The number of ether oxygens (including phenoxy) is 1. The Morgan fingerprint density at radius 1 is 1.28 bits per heavy atom. The van der Waals surface area contributed by atoms with E-state index in [1.165, 1.54) is 10.9 Å². The standard InChI is InChI=1S/C14H16FNOS/c15-14-4-3-11(8-12(14)9-16)10-17-6-5-13-2-1-7-18-13/h1-4,7-8H,5-6,9-10,16H2. The van der Waals surface area contributed by atoms with Gasteiger partial charge in [-0.3, -0.25) is 0 Å². The summed E-state index contributed by atoms with van der Waals surface area (Å²) in [7, 11) is 0. The van der Waals surface area contributed by atoms with E-state index in [1.807, 2.05) is 6.07 Å². The number of hydrogen-bond acceptors (Lipinski definition) is 3. The predicted molar refractivity (Wildman–Crippen MR) is 72.0 cm³/mol. The lowest BCUT2D eigenvalue weighted by molar-refractivity contribution is 0.124. The molecule has 2 aromatic rings. The highest BCUT2D eigenvalue weighted by Gasteiger charge is 2.02. The molecule has 0 unspecified atom stereocenters. The summed E-state index contributed by atoms with van der Waals surface area (Å²) in [5, 5.41) is 2.06. The lowest BCUT2D eigenvalue weighted by atomic mass is 10.1. The van der Waals surface area contributed by atoms with Crippen LogP contribution in [0.1, 0.15) is 16.0 Å². The summed E-state index contributed by atoms with van der Waals surface area (Å²) in [6.45, 7) is 1.39. The summed E-state index contributed by atoms with van der Waals surface area (Å²) in [5.41, 5.74) is 6.96. The fourth-order valence-corrected chi connectivity index (χ4v) is 2.38. The van der Waals surface area contributed by atoms with Gasteiger partial charge in [-0.15, -0.1) is 11.3 Å². The highest BCUT2D eigenvalue weighted by Crippen LogP contribution is 2.12. The van der Waals surface area contributed by atoms with Crippen LogP contribution in [-0.2, 0) is 24.3 Å².